The molecule has 0 aliphatic rings. The van der Waals surface area contributed by atoms with Crippen LogP contribution in [0.3, 0.4) is 0 Å². The van der Waals surface area contributed by atoms with Gasteiger partial charge in [-0.05, 0) is 30.2 Å². The largest absolute Gasteiger partial charge is 0.351 e. The summed E-state index contributed by atoms with van der Waals surface area (Å²) >= 11 is 0. The van der Waals surface area contributed by atoms with Crippen molar-refractivity contribution in [3.63, 3.8) is 0 Å². The summed E-state index contributed by atoms with van der Waals surface area (Å²) in [5.74, 6) is -0.719. The molecular weight excluding hydrogens is 279 g/mol. The monoisotopic (exact) mass is 302 g/mol. The van der Waals surface area contributed by atoms with Crippen LogP contribution in [0.5, 0.6) is 0 Å². The number of hydrogen-bond donors (Lipinski definition) is 1. The Bertz CT molecular complexity index is 529. The van der Waals surface area contributed by atoms with Gasteiger partial charge in [-0.2, -0.15) is 5.26 Å². The second-order valence-corrected chi connectivity index (χ2v) is 5.25. The van der Waals surface area contributed by atoms with Crippen LogP contribution in [-0.2, 0) is 4.79 Å². The summed E-state index contributed by atoms with van der Waals surface area (Å²) in [6.07, 6.45) is 8.37. The van der Waals surface area contributed by atoms with E-state index in [0.717, 1.165) is 12.8 Å². The molecule has 3 nitrogen and oxygen atoms in total. The third-order valence-electron chi connectivity index (χ3n) is 3.36. The Balaban J connectivity index is 2.38. The van der Waals surface area contributed by atoms with Crippen LogP contribution in [0.2, 0.25) is 0 Å². The molecule has 0 saturated heterocycles. The average Bonchev–Trinajstić information content (AvgIpc) is 2.53. The van der Waals surface area contributed by atoms with Gasteiger partial charge < -0.3 is 5.32 Å². The Morgan fingerprint density at radius 3 is 2.45 bits per heavy atom. The Morgan fingerprint density at radius 1 is 1.18 bits per heavy atom. The fourth-order valence-corrected chi connectivity index (χ4v) is 2.08. The third-order valence-corrected chi connectivity index (χ3v) is 3.36. The minimum Gasteiger partial charge on any atom is -0.351 e. The molecule has 0 heterocycles. The summed E-state index contributed by atoms with van der Waals surface area (Å²) in [5.41, 5.74) is 0.672. The maximum Gasteiger partial charge on any atom is 0.261 e. The van der Waals surface area contributed by atoms with Crippen molar-refractivity contribution in [2.75, 3.05) is 6.54 Å². The van der Waals surface area contributed by atoms with Crippen molar-refractivity contribution in [1.29, 1.82) is 5.26 Å². The lowest BCUT2D eigenvalue weighted by molar-refractivity contribution is -0.117. The van der Waals surface area contributed by atoms with Crippen molar-refractivity contribution in [1.82, 2.24) is 5.32 Å². The summed E-state index contributed by atoms with van der Waals surface area (Å²) in [6, 6.07) is 7.56. The molecule has 1 aromatic rings. The zero-order valence-electron chi connectivity index (χ0n) is 13.1. The number of halogens is 1. The van der Waals surface area contributed by atoms with Crippen LogP contribution in [0.4, 0.5) is 4.39 Å². The summed E-state index contributed by atoms with van der Waals surface area (Å²) in [6.45, 7) is 2.75. The van der Waals surface area contributed by atoms with Gasteiger partial charge in [0, 0.05) is 6.54 Å². The molecule has 1 rings (SSSR count). The molecule has 0 radical (unpaired) electrons. The fourth-order valence-electron chi connectivity index (χ4n) is 2.08. The minimum absolute atomic E-state index is 0.0394. The van der Waals surface area contributed by atoms with Crippen molar-refractivity contribution in [2.24, 2.45) is 0 Å². The molecule has 22 heavy (non-hydrogen) atoms. The molecule has 118 valence electrons. The second-order valence-electron chi connectivity index (χ2n) is 5.25. The molecule has 0 saturated carbocycles. The Hall–Kier alpha value is -2.15. The highest BCUT2D eigenvalue weighted by atomic mass is 19.1. The lowest BCUT2D eigenvalue weighted by Crippen LogP contribution is -2.25. The quantitative estimate of drug-likeness (QED) is 0.422. The predicted molar refractivity (Wildman–Crippen MR) is 86.4 cm³/mol. The highest BCUT2D eigenvalue weighted by Crippen LogP contribution is 2.08. The topological polar surface area (TPSA) is 52.9 Å². The van der Waals surface area contributed by atoms with E-state index >= 15 is 0 Å². The number of carbonyl (C=O) groups is 1. The summed E-state index contributed by atoms with van der Waals surface area (Å²) in [5, 5.41) is 11.8. The van der Waals surface area contributed by atoms with Crippen molar-refractivity contribution < 1.29 is 9.18 Å². The first kappa shape index (κ1) is 17.9. The molecule has 0 aromatic heterocycles. The van der Waals surface area contributed by atoms with Gasteiger partial charge in [-0.1, -0.05) is 51.2 Å². The molecule has 0 unspecified atom stereocenters. The van der Waals surface area contributed by atoms with E-state index in [2.05, 4.69) is 12.2 Å². The average molecular weight is 302 g/mol. The SMILES string of the molecule is CCCCCCCCNC(=O)C(C#N)=Cc1ccc(F)cc1. The van der Waals surface area contributed by atoms with Crippen LogP contribution in [0.15, 0.2) is 29.8 Å². The molecular formula is C18H23FN2O. The van der Waals surface area contributed by atoms with Crippen LogP contribution in [0.1, 0.15) is 51.0 Å². The predicted octanol–water partition coefficient (Wildman–Crippen LogP) is 4.21. The fraction of sp³-hybridized carbons (Fsp3) is 0.444. The van der Waals surface area contributed by atoms with Crippen LogP contribution in [0, 0.1) is 17.1 Å². The first-order valence-electron chi connectivity index (χ1n) is 7.83. The lowest BCUT2D eigenvalue weighted by atomic mass is 10.1. The first-order valence-corrected chi connectivity index (χ1v) is 7.83. The highest BCUT2D eigenvalue weighted by Gasteiger charge is 2.08. The van der Waals surface area contributed by atoms with E-state index in [-0.39, 0.29) is 17.3 Å². The van der Waals surface area contributed by atoms with Gasteiger partial charge in [-0.15, -0.1) is 0 Å². The molecule has 1 aromatic carbocycles. The van der Waals surface area contributed by atoms with Gasteiger partial charge in [0.05, 0.1) is 0 Å². The van der Waals surface area contributed by atoms with Crippen LogP contribution in [0.25, 0.3) is 6.08 Å². The number of benzene rings is 1. The smallest absolute Gasteiger partial charge is 0.261 e. The van der Waals surface area contributed by atoms with Crippen molar-refractivity contribution in [3.05, 3.63) is 41.2 Å². The second kappa shape index (κ2) is 10.6. The van der Waals surface area contributed by atoms with Gasteiger partial charge in [-0.25, -0.2) is 4.39 Å². The maximum absolute atomic E-state index is 12.8. The molecule has 1 N–H and O–H groups in total. The van der Waals surface area contributed by atoms with Gasteiger partial charge in [0.25, 0.3) is 5.91 Å². The minimum atomic E-state index is -0.375. The number of nitrogens with one attached hydrogen (secondary N) is 1. The van der Waals surface area contributed by atoms with Crippen molar-refractivity contribution in [2.45, 2.75) is 45.4 Å². The van der Waals surface area contributed by atoms with Crippen LogP contribution >= 0.6 is 0 Å². The molecule has 0 aliphatic carbocycles. The summed E-state index contributed by atoms with van der Waals surface area (Å²) < 4.78 is 12.8. The number of carbonyl (C=O) groups excluding carboxylic acids is 1. The van der Waals surface area contributed by atoms with Gasteiger partial charge in [-0.3, -0.25) is 4.79 Å². The van der Waals surface area contributed by atoms with Crippen LogP contribution in [-0.4, -0.2) is 12.5 Å². The highest BCUT2D eigenvalue weighted by molar-refractivity contribution is 6.01. The van der Waals surface area contributed by atoms with E-state index in [1.165, 1.54) is 56.0 Å². The van der Waals surface area contributed by atoms with E-state index in [0.29, 0.717) is 12.1 Å². The van der Waals surface area contributed by atoms with Crippen LogP contribution < -0.4 is 5.32 Å². The van der Waals surface area contributed by atoms with E-state index in [9.17, 15) is 9.18 Å². The molecule has 1 amide bonds. The molecule has 0 aliphatic heterocycles. The van der Waals surface area contributed by atoms with Gasteiger partial charge in [0.1, 0.15) is 17.5 Å². The molecule has 0 fully saturated rings. The van der Waals surface area contributed by atoms with E-state index in [4.69, 9.17) is 5.26 Å². The Kier molecular flexibility index (Phi) is 8.59. The number of hydrogen-bond acceptors (Lipinski definition) is 2. The van der Waals surface area contributed by atoms with Gasteiger partial charge in [0.2, 0.25) is 0 Å². The zero-order valence-corrected chi connectivity index (χ0v) is 13.1. The summed E-state index contributed by atoms with van der Waals surface area (Å²) in [7, 11) is 0. The standard InChI is InChI=1S/C18H23FN2O/c1-2-3-4-5-6-7-12-21-18(22)16(14-20)13-15-8-10-17(19)11-9-15/h8-11,13H,2-7,12H2,1H3,(H,21,22). The Labute approximate surface area is 131 Å². The summed E-state index contributed by atoms with van der Waals surface area (Å²) in [4.78, 5) is 11.9. The van der Waals surface area contributed by atoms with Gasteiger partial charge >= 0.3 is 0 Å². The number of rotatable bonds is 9. The number of nitriles is 1. The number of amides is 1. The van der Waals surface area contributed by atoms with Crippen molar-refractivity contribution in [3.8, 4) is 6.07 Å². The molecule has 0 spiro atoms. The maximum atomic E-state index is 12.8. The first-order chi connectivity index (χ1) is 10.7. The normalized spacial score (nSPS) is 11.0. The Morgan fingerprint density at radius 2 is 1.82 bits per heavy atom. The third kappa shape index (κ3) is 7.03. The lowest BCUT2D eigenvalue weighted by Gasteiger charge is -2.04. The van der Waals surface area contributed by atoms with E-state index in [1.54, 1.807) is 0 Å². The number of unbranched alkanes of at least 4 members (excludes halogenated alkanes) is 5. The van der Waals surface area contributed by atoms with Gasteiger partial charge in [0.15, 0.2) is 0 Å². The van der Waals surface area contributed by atoms with Crippen molar-refractivity contribution >= 4 is 12.0 Å². The van der Waals surface area contributed by atoms with E-state index < -0.39 is 0 Å². The molecule has 0 atom stereocenters. The molecule has 0 bridgehead atoms. The van der Waals surface area contributed by atoms with E-state index in [1.807, 2.05) is 6.07 Å². The number of nitrogens with zero attached hydrogens (tertiary/aromatic N) is 1. The zero-order chi connectivity index (χ0) is 16.2. The molecule has 4 heteroatoms.